The van der Waals surface area contributed by atoms with Crippen molar-refractivity contribution in [1.82, 2.24) is 19.6 Å². The fourth-order valence-electron chi connectivity index (χ4n) is 2.27. The number of benzene rings is 1. The minimum atomic E-state index is -4.37. The highest BCUT2D eigenvalue weighted by molar-refractivity contribution is 6.30. The Morgan fingerprint density at radius 3 is 2.38 bits per heavy atom. The first kappa shape index (κ1) is 18.0. The van der Waals surface area contributed by atoms with E-state index < -0.39 is 18.6 Å². The number of hydrogen-bond donors (Lipinski definition) is 1. The van der Waals surface area contributed by atoms with Gasteiger partial charge in [0.1, 0.15) is 6.54 Å². The van der Waals surface area contributed by atoms with E-state index in [4.69, 9.17) is 11.6 Å². The van der Waals surface area contributed by atoms with Crippen molar-refractivity contribution in [3.05, 3.63) is 65.2 Å². The number of carbonyl (C=O) groups excluding carboxylic acids is 1. The first-order valence-electron chi connectivity index (χ1n) is 7.46. The van der Waals surface area contributed by atoms with Gasteiger partial charge in [0, 0.05) is 18.0 Å². The lowest BCUT2D eigenvalue weighted by Gasteiger charge is -2.06. The van der Waals surface area contributed by atoms with Gasteiger partial charge in [-0.3, -0.25) is 14.2 Å². The van der Waals surface area contributed by atoms with Gasteiger partial charge in [-0.05, 0) is 17.7 Å². The van der Waals surface area contributed by atoms with Crippen molar-refractivity contribution in [2.24, 2.45) is 0 Å². The van der Waals surface area contributed by atoms with Crippen molar-refractivity contribution in [2.75, 3.05) is 5.32 Å². The molecule has 1 N–H and O–H groups in total. The van der Waals surface area contributed by atoms with E-state index in [0.29, 0.717) is 21.8 Å². The maximum absolute atomic E-state index is 12.3. The van der Waals surface area contributed by atoms with Crippen molar-refractivity contribution in [2.45, 2.75) is 19.3 Å². The van der Waals surface area contributed by atoms with Crippen molar-refractivity contribution in [3.63, 3.8) is 0 Å². The Bertz CT molecular complexity index is 901. The molecule has 0 saturated heterocycles. The molecule has 1 aromatic carbocycles. The molecule has 2 heterocycles. The smallest absolute Gasteiger partial charge is 0.319 e. The molecule has 0 fully saturated rings. The third-order valence-electron chi connectivity index (χ3n) is 3.39. The summed E-state index contributed by atoms with van der Waals surface area (Å²) in [7, 11) is 0. The number of anilines is 1. The monoisotopic (exact) mass is 383 g/mol. The third-order valence-corrected chi connectivity index (χ3v) is 3.59. The number of alkyl halides is 3. The van der Waals surface area contributed by atoms with Crippen LogP contribution in [0.2, 0.25) is 5.02 Å². The number of nitrogens with one attached hydrogen (secondary N) is 1. The van der Waals surface area contributed by atoms with E-state index in [1.54, 1.807) is 35.1 Å². The number of rotatable bonds is 5. The molecule has 0 unspecified atom stereocenters. The van der Waals surface area contributed by atoms with E-state index in [0.717, 1.165) is 11.8 Å². The largest absolute Gasteiger partial charge is 0.408 e. The summed E-state index contributed by atoms with van der Waals surface area (Å²) >= 11 is 5.80. The van der Waals surface area contributed by atoms with Gasteiger partial charge >= 0.3 is 6.18 Å². The Balaban J connectivity index is 1.61. The van der Waals surface area contributed by atoms with E-state index in [1.807, 2.05) is 0 Å². The lowest BCUT2D eigenvalue weighted by Crippen LogP contribution is -2.18. The Kier molecular flexibility index (Phi) is 4.99. The Morgan fingerprint density at radius 2 is 1.77 bits per heavy atom. The van der Waals surface area contributed by atoms with Gasteiger partial charge in [0.15, 0.2) is 0 Å². The molecule has 3 rings (SSSR count). The second-order valence-electron chi connectivity index (χ2n) is 5.55. The number of nitrogens with zero attached hydrogens (tertiary/aromatic N) is 4. The van der Waals surface area contributed by atoms with Crippen molar-refractivity contribution >= 4 is 23.2 Å². The molecule has 0 spiro atoms. The fraction of sp³-hybridized carbons (Fsp3) is 0.188. The average molecular weight is 384 g/mol. The molecule has 10 heteroatoms. The van der Waals surface area contributed by atoms with Crippen LogP contribution in [0.1, 0.15) is 15.9 Å². The van der Waals surface area contributed by atoms with Crippen LogP contribution < -0.4 is 5.32 Å². The molecule has 2 aromatic heterocycles. The van der Waals surface area contributed by atoms with Crippen LogP contribution >= 0.6 is 11.6 Å². The summed E-state index contributed by atoms with van der Waals surface area (Å²) in [5, 5.41) is 10.7. The molecule has 1 amide bonds. The third kappa shape index (κ3) is 4.85. The van der Waals surface area contributed by atoms with Gasteiger partial charge in [0.05, 0.1) is 29.6 Å². The van der Waals surface area contributed by atoms with Crippen molar-refractivity contribution in [1.29, 1.82) is 0 Å². The van der Waals surface area contributed by atoms with Gasteiger partial charge < -0.3 is 5.32 Å². The molecule has 0 atom stereocenters. The fourth-order valence-corrected chi connectivity index (χ4v) is 2.43. The van der Waals surface area contributed by atoms with Crippen LogP contribution in [0.5, 0.6) is 0 Å². The van der Waals surface area contributed by atoms with E-state index >= 15 is 0 Å². The van der Waals surface area contributed by atoms with Gasteiger partial charge in [0.2, 0.25) is 0 Å². The van der Waals surface area contributed by atoms with Crippen LogP contribution in [0.4, 0.5) is 18.9 Å². The number of halogens is 4. The predicted molar refractivity (Wildman–Crippen MR) is 89.0 cm³/mol. The highest BCUT2D eigenvalue weighted by Crippen LogP contribution is 2.18. The molecule has 3 aromatic rings. The molecule has 0 bridgehead atoms. The molecule has 6 nitrogen and oxygen atoms in total. The van der Waals surface area contributed by atoms with E-state index in [-0.39, 0.29) is 5.69 Å². The van der Waals surface area contributed by atoms with Crippen molar-refractivity contribution < 1.29 is 18.0 Å². The van der Waals surface area contributed by atoms with Crippen molar-refractivity contribution in [3.8, 4) is 0 Å². The van der Waals surface area contributed by atoms with E-state index in [9.17, 15) is 18.0 Å². The normalized spacial score (nSPS) is 11.5. The average Bonchev–Trinajstić information content (AvgIpc) is 3.15. The zero-order valence-electron chi connectivity index (χ0n) is 13.2. The summed E-state index contributed by atoms with van der Waals surface area (Å²) in [6.45, 7) is -0.714. The van der Waals surface area contributed by atoms with Gasteiger partial charge in [-0.15, -0.1) is 0 Å². The molecule has 136 valence electrons. The first-order chi connectivity index (χ1) is 12.3. The molecule has 0 aliphatic heterocycles. The molecule has 26 heavy (non-hydrogen) atoms. The van der Waals surface area contributed by atoms with Crippen LogP contribution in [0, 0.1) is 0 Å². The Morgan fingerprint density at radius 1 is 1.08 bits per heavy atom. The lowest BCUT2D eigenvalue weighted by molar-refractivity contribution is -0.142. The van der Waals surface area contributed by atoms with Gasteiger partial charge in [0.25, 0.3) is 5.91 Å². The standard InChI is InChI=1S/C16H13ClF3N5O/c17-13-5-21-24(8-13)7-11-1-3-12(4-2-11)15(26)23-14-6-22-25(9-14)10-16(18,19)20/h1-6,8-9H,7,10H2,(H,23,26). The summed E-state index contributed by atoms with van der Waals surface area (Å²) in [6, 6.07) is 6.76. The second kappa shape index (κ2) is 7.20. The molecular formula is C16H13ClF3N5O. The number of amides is 1. The van der Waals surface area contributed by atoms with Crippen LogP contribution in [-0.4, -0.2) is 31.6 Å². The summed E-state index contributed by atoms with van der Waals surface area (Å²) in [5.41, 5.74) is 1.48. The van der Waals surface area contributed by atoms with E-state index in [1.165, 1.54) is 12.4 Å². The second-order valence-corrected chi connectivity index (χ2v) is 5.99. The van der Waals surface area contributed by atoms with Crippen LogP contribution in [-0.2, 0) is 13.1 Å². The predicted octanol–water partition coefficient (Wildman–Crippen LogP) is 3.60. The quantitative estimate of drug-likeness (QED) is 0.732. The molecule has 0 radical (unpaired) electrons. The maximum Gasteiger partial charge on any atom is 0.408 e. The minimum Gasteiger partial charge on any atom is -0.319 e. The number of hydrogen-bond acceptors (Lipinski definition) is 3. The lowest BCUT2D eigenvalue weighted by atomic mass is 10.1. The summed E-state index contributed by atoms with van der Waals surface area (Å²) in [5.74, 6) is -0.440. The zero-order valence-corrected chi connectivity index (χ0v) is 14.0. The van der Waals surface area contributed by atoms with Crippen LogP contribution in [0.15, 0.2) is 49.1 Å². The maximum atomic E-state index is 12.3. The molecule has 0 aliphatic carbocycles. The highest BCUT2D eigenvalue weighted by Gasteiger charge is 2.28. The van der Waals surface area contributed by atoms with Gasteiger partial charge in [-0.1, -0.05) is 23.7 Å². The Labute approximate surface area is 151 Å². The summed E-state index contributed by atoms with van der Waals surface area (Å²) in [6.07, 6.45) is 1.13. The molecule has 0 saturated carbocycles. The SMILES string of the molecule is O=C(Nc1cnn(CC(F)(F)F)c1)c1ccc(Cn2cc(Cl)cn2)cc1. The van der Waals surface area contributed by atoms with Crippen LogP contribution in [0.25, 0.3) is 0 Å². The molecular weight excluding hydrogens is 371 g/mol. The Hall–Kier alpha value is -2.81. The van der Waals surface area contributed by atoms with Crippen LogP contribution in [0.3, 0.4) is 0 Å². The summed E-state index contributed by atoms with van der Waals surface area (Å²) in [4.78, 5) is 12.2. The first-order valence-corrected chi connectivity index (χ1v) is 7.84. The highest BCUT2D eigenvalue weighted by atomic mass is 35.5. The molecule has 0 aliphatic rings. The van der Waals surface area contributed by atoms with Gasteiger partial charge in [-0.25, -0.2) is 0 Å². The zero-order chi connectivity index (χ0) is 18.7. The number of carbonyl (C=O) groups is 1. The van der Waals surface area contributed by atoms with Gasteiger partial charge in [-0.2, -0.15) is 23.4 Å². The van der Waals surface area contributed by atoms with E-state index in [2.05, 4.69) is 15.5 Å². The number of aromatic nitrogens is 4. The topological polar surface area (TPSA) is 64.7 Å². The summed E-state index contributed by atoms with van der Waals surface area (Å²) < 4.78 is 39.3. The minimum absolute atomic E-state index is 0.189.